The van der Waals surface area contributed by atoms with E-state index < -0.39 is 0 Å². The molecule has 0 unspecified atom stereocenters. The van der Waals surface area contributed by atoms with Crippen molar-refractivity contribution in [2.45, 2.75) is 32.7 Å². The Hall–Kier alpha value is -2.60. The van der Waals surface area contributed by atoms with Crippen molar-refractivity contribution in [2.24, 2.45) is 0 Å². The van der Waals surface area contributed by atoms with E-state index in [4.69, 9.17) is 4.74 Å². The highest BCUT2D eigenvalue weighted by molar-refractivity contribution is 6.04. The van der Waals surface area contributed by atoms with Crippen molar-refractivity contribution in [3.63, 3.8) is 0 Å². The number of hydrogen-bond donors (Lipinski definition) is 1. The largest absolute Gasteiger partial charge is 0.378 e. The quantitative estimate of drug-likeness (QED) is 0.884. The zero-order valence-electron chi connectivity index (χ0n) is 16.6. The summed E-state index contributed by atoms with van der Waals surface area (Å²) in [5.74, 6) is 0.0763. The van der Waals surface area contributed by atoms with Crippen molar-refractivity contribution in [1.29, 1.82) is 0 Å². The van der Waals surface area contributed by atoms with Crippen LogP contribution in [0.4, 0.5) is 5.69 Å². The van der Waals surface area contributed by atoms with Crippen LogP contribution in [0, 0.1) is 6.92 Å². The first-order valence-electron chi connectivity index (χ1n) is 9.96. The molecule has 2 heterocycles. The predicted octanol–water partition coefficient (Wildman–Crippen LogP) is 2.95. The molecule has 0 spiro atoms. The summed E-state index contributed by atoms with van der Waals surface area (Å²) in [5.41, 5.74) is 5.26. The summed E-state index contributed by atoms with van der Waals surface area (Å²) in [4.78, 5) is 32.4. The maximum Gasteiger partial charge on any atom is 0.270 e. The van der Waals surface area contributed by atoms with Crippen LogP contribution >= 0.6 is 0 Å². The molecule has 1 fully saturated rings. The lowest BCUT2D eigenvalue weighted by atomic mass is 9.94. The zero-order valence-corrected chi connectivity index (χ0v) is 16.6. The van der Waals surface area contributed by atoms with Crippen molar-refractivity contribution in [3.05, 3.63) is 52.3 Å². The molecule has 2 aromatic rings. The first kappa shape index (κ1) is 18.7. The van der Waals surface area contributed by atoms with Gasteiger partial charge in [0.05, 0.1) is 13.2 Å². The number of anilines is 1. The van der Waals surface area contributed by atoms with Crippen LogP contribution in [-0.2, 0) is 17.7 Å². The molecular weight excluding hydrogens is 354 g/mol. The fourth-order valence-electron chi connectivity index (χ4n) is 4.16. The van der Waals surface area contributed by atoms with Gasteiger partial charge in [-0.05, 0) is 43.0 Å². The molecule has 148 valence electrons. The molecule has 0 atom stereocenters. The number of carbonyl (C=O) groups excluding carboxylic acids is 2. The smallest absolute Gasteiger partial charge is 0.270 e. The average molecular weight is 381 g/mol. The van der Waals surface area contributed by atoms with E-state index in [9.17, 15) is 9.59 Å². The molecule has 1 amide bonds. The summed E-state index contributed by atoms with van der Waals surface area (Å²) in [5, 5.41) is 0. The van der Waals surface area contributed by atoms with Gasteiger partial charge in [0.2, 0.25) is 0 Å². The minimum atomic E-state index is -0.0723. The van der Waals surface area contributed by atoms with Crippen LogP contribution in [0.1, 0.15) is 50.5 Å². The number of aromatic amines is 1. The highest BCUT2D eigenvalue weighted by atomic mass is 16.5. The van der Waals surface area contributed by atoms with Gasteiger partial charge in [0, 0.05) is 50.0 Å². The van der Waals surface area contributed by atoms with E-state index in [1.165, 1.54) is 5.69 Å². The van der Waals surface area contributed by atoms with Gasteiger partial charge in [-0.25, -0.2) is 0 Å². The number of Topliss-reactive ketones (excluding diaryl/α,β-unsaturated/α-hetero) is 1. The normalized spacial score (nSPS) is 16.8. The summed E-state index contributed by atoms with van der Waals surface area (Å²) in [6.07, 6.45) is 2.26. The molecule has 6 nitrogen and oxygen atoms in total. The first-order chi connectivity index (χ1) is 13.5. The number of amides is 1. The molecule has 1 aliphatic heterocycles. The molecule has 6 heteroatoms. The molecule has 28 heavy (non-hydrogen) atoms. The van der Waals surface area contributed by atoms with Crippen LogP contribution in [0.3, 0.4) is 0 Å². The molecular formula is C22H27N3O3. The van der Waals surface area contributed by atoms with Gasteiger partial charge in [-0.2, -0.15) is 0 Å². The van der Waals surface area contributed by atoms with Crippen LogP contribution < -0.4 is 4.90 Å². The SMILES string of the molecule is Cc1c(C(=O)N(C)Cc2ccc(N3CCOCC3)cc2)[nH]c2c1C(=O)CCC2. The zero-order chi connectivity index (χ0) is 19.7. The molecule has 2 aliphatic rings. The van der Waals surface area contributed by atoms with Crippen LogP contribution in [0.5, 0.6) is 0 Å². The summed E-state index contributed by atoms with van der Waals surface area (Å²) >= 11 is 0. The Morgan fingerprint density at radius 3 is 2.57 bits per heavy atom. The number of aryl methyl sites for hydroxylation is 1. The molecule has 0 bridgehead atoms. The number of morpholine rings is 1. The first-order valence-corrected chi connectivity index (χ1v) is 9.96. The van der Waals surface area contributed by atoms with Crippen molar-refractivity contribution in [1.82, 2.24) is 9.88 Å². The Kier molecular flexibility index (Phi) is 5.22. The third kappa shape index (κ3) is 3.56. The second-order valence-corrected chi connectivity index (χ2v) is 7.68. The number of nitrogens with zero attached hydrogens (tertiary/aromatic N) is 2. The van der Waals surface area contributed by atoms with E-state index in [1.807, 2.05) is 6.92 Å². The number of nitrogens with one attached hydrogen (secondary N) is 1. The van der Waals surface area contributed by atoms with E-state index in [2.05, 4.69) is 34.1 Å². The molecule has 1 aromatic carbocycles. The second kappa shape index (κ2) is 7.80. The van der Waals surface area contributed by atoms with Gasteiger partial charge in [-0.3, -0.25) is 9.59 Å². The number of hydrogen-bond acceptors (Lipinski definition) is 4. The number of carbonyl (C=O) groups is 2. The van der Waals surface area contributed by atoms with E-state index in [0.717, 1.165) is 61.5 Å². The van der Waals surface area contributed by atoms with E-state index >= 15 is 0 Å². The second-order valence-electron chi connectivity index (χ2n) is 7.68. The fourth-order valence-corrected chi connectivity index (χ4v) is 4.16. The van der Waals surface area contributed by atoms with Gasteiger partial charge in [0.25, 0.3) is 5.91 Å². The highest BCUT2D eigenvalue weighted by Crippen LogP contribution is 2.27. The number of H-pyrrole nitrogens is 1. The van der Waals surface area contributed by atoms with Crippen molar-refractivity contribution in [3.8, 4) is 0 Å². The van der Waals surface area contributed by atoms with Gasteiger partial charge in [-0.1, -0.05) is 12.1 Å². The molecule has 1 saturated heterocycles. The topological polar surface area (TPSA) is 65.6 Å². The van der Waals surface area contributed by atoms with Gasteiger partial charge in [-0.15, -0.1) is 0 Å². The third-order valence-electron chi connectivity index (χ3n) is 5.73. The number of rotatable bonds is 4. The summed E-state index contributed by atoms with van der Waals surface area (Å²) < 4.78 is 5.40. The van der Waals surface area contributed by atoms with E-state index in [0.29, 0.717) is 18.7 Å². The lowest BCUT2D eigenvalue weighted by molar-refractivity contribution is 0.0779. The summed E-state index contributed by atoms with van der Waals surface area (Å²) in [7, 11) is 1.80. The Morgan fingerprint density at radius 2 is 1.89 bits per heavy atom. The monoisotopic (exact) mass is 381 g/mol. The van der Waals surface area contributed by atoms with Crippen LogP contribution in [0.15, 0.2) is 24.3 Å². The lowest BCUT2D eigenvalue weighted by Crippen LogP contribution is -2.36. The highest BCUT2D eigenvalue weighted by Gasteiger charge is 2.27. The summed E-state index contributed by atoms with van der Waals surface area (Å²) in [6.45, 7) is 5.75. The third-order valence-corrected chi connectivity index (χ3v) is 5.73. The molecule has 1 aliphatic carbocycles. The predicted molar refractivity (Wildman–Crippen MR) is 108 cm³/mol. The Balaban J connectivity index is 1.45. The van der Waals surface area contributed by atoms with Crippen LogP contribution in [0.2, 0.25) is 0 Å². The minimum Gasteiger partial charge on any atom is -0.378 e. The van der Waals surface area contributed by atoms with Gasteiger partial charge < -0.3 is 19.5 Å². The molecule has 1 N–H and O–H groups in total. The molecule has 0 radical (unpaired) electrons. The number of fused-ring (bicyclic) bond motifs is 1. The van der Waals surface area contributed by atoms with E-state index in [1.54, 1.807) is 11.9 Å². The van der Waals surface area contributed by atoms with Gasteiger partial charge in [0.1, 0.15) is 5.69 Å². The van der Waals surface area contributed by atoms with Crippen LogP contribution in [-0.4, -0.2) is 54.9 Å². The maximum absolute atomic E-state index is 13.0. The number of ketones is 1. The van der Waals surface area contributed by atoms with E-state index in [-0.39, 0.29) is 11.7 Å². The minimum absolute atomic E-state index is 0.0723. The fraction of sp³-hybridized carbons (Fsp3) is 0.455. The summed E-state index contributed by atoms with van der Waals surface area (Å²) in [6, 6.07) is 8.36. The number of benzene rings is 1. The number of aromatic nitrogens is 1. The molecule has 4 rings (SSSR count). The molecule has 0 saturated carbocycles. The Bertz CT molecular complexity index is 879. The maximum atomic E-state index is 13.0. The lowest BCUT2D eigenvalue weighted by Gasteiger charge is -2.29. The molecule has 1 aromatic heterocycles. The Morgan fingerprint density at radius 1 is 1.18 bits per heavy atom. The van der Waals surface area contributed by atoms with Crippen LogP contribution in [0.25, 0.3) is 0 Å². The van der Waals surface area contributed by atoms with Crippen molar-refractivity contribution < 1.29 is 14.3 Å². The van der Waals surface area contributed by atoms with Gasteiger partial charge >= 0.3 is 0 Å². The van der Waals surface area contributed by atoms with Crippen molar-refractivity contribution in [2.75, 3.05) is 38.3 Å². The average Bonchev–Trinajstić information content (AvgIpc) is 3.06. The number of ether oxygens (including phenoxy) is 1. The van der Waals surface area contributed by atoms with Crippen molar-refractivity contribution >= 4 is 17.4 Å². The standard InChI is InChI=1S/C22H27N3O3/c1-15-20-18(4-3-5-19(20)26)23-21(15)22(27)24(2)14-16-6-8-17(9-7-16)25-10-12-28-13-11-25/h6-9,23H,3-5,10-14H2,1-2H3. The Labute approximate surface area is 165 Å². The van der Waals surface area contributed by atoms with Gasteiger partial charge in [0.15, 0.2) is 5.78 Å².